The number of rotatable bonds is 2. The molecule has 1 aliphatic rings. The second kappa shape index (κ2) is 5.10. The van der Waals surface area contributed by atoms with E-state index in [1.165, 1.54) is 0 Å². The highest BCUT2D eigenvalue weighted by molar-refractivity contribution is 9.10. The van der Waals surface area contributed by atoms with Gasteiger partial charge in [-0.2, -0.15) is 13.2 Å². The minimum atomic E-state index is -4.75. The fourth-order valence-electron chi connectivity index (χ4n) is 1.99. The molecule has 0 saturated carbocycles. The second-order valence-corrected chi connectivity index (χ2v) is 5.25. The molecule has 1 heterocycles. The SMILES string of the molecule is O=C1NC(=O)C(c2ccc(C(F)(F)F)cc2[N+](=O)[O-])C1Br. The molecular formula is C11H6BrF3N2O4. The van der Waals surface area contributed by atoms with Gasteiger partial charge in [0.15, 0.2) is 0 Å². The van der Waals surface area contributed by atoms with Crippen LogP contribution in [0.25, 0.3) is 0 Å². The summed E-state index contributed by atoms with van der Waals surface area (Å²) in [6, 6.07) is 1.83. The van der Waals surface area contributed by atoms with Crippen LogP contribution in [0.3, 0.4) is 0 Å². The molecule has 1 fully saturated rings. The standard InChI is InChI=1S/C11H6BrF3N2O4/c12-8-7(9(18)16-10(8)19)5-2-1-4(11(13,14)15)3-6(5)17(20)21/h1-3,7-8H,(H,16,18,19). The molecule has 1 aliphatic heterocycles. The highest BCUT2D eigenvalue weighted by Gasteiger charge is 2.44. The van der Waals surface area contributed by atoms with Crippen LogP contribution in [0, 0.1) is 10.1 Å². The summed E-state index contributed by atoms with van der Waals surface area (Å²) in [6.07, 6.45) is -4.75. The van der Waals surface area contributed by atoms with Crippen molar-refractivity contribution in [2.75, 3.05) is 0 Å². The summed E-state index contributed by atoms with van der Waals surface area (Å²) in [7, 11) is 0. The van der Waals surface area contributed by atoms with Crippen molar-refractivity contribution in [1.29, 1.82) is 0 Å². The molecule has 2 amide bonds. The Morgan fingerprint density at radius 3 is 2.29 bits per heavy atom. The number of hydrogen-bond acceptors (Lipinski definition) is 4. The molecule has 0 radical (unpaired) electrons. The fourth-order valence-corrected chi connectivity index (χ4v) is 2.63. The van der Waals surface area contributed by atoms with Crippen LogP contribution in [0.2, 0.25) is 0 Å². The Kier molecular flexibility index (Phi) is 3.74. The molecule has 0 spiro atoms. The predicted octanol–water partition coefficient (Wildman–Crippen LogP) is 2.12. The summed E-state index contributed by atoms with van der Waals surface area (Å²) in [5.74, 6) is -2.75. The number of benzene rings is 1. The third-order valence-corrected chi connectivity index (χ3v) is 3.91. The van der Waals surface area contributed by atoms with Gasteiger partial charge in [0.1, 0.15) is 4.83 Å². The maximum atomic E-state index is 12.6. The van der Waals surface area contributed by atoms with E-state index in [1.54, 1.807) is 0 Å². The first-order valence-corrected chi connectivity index (χ1v) is 6.39. The molecule has 1 saturated heterocycles. The van der Waals surface area contributed by atoms with E-state index in [9.17, 15) is 32.9 Å². The number of nitro benzene ring substituents is 1. The Balaban J connectivity index is 2.57. The molecule has 6 nitrogen and oxygen atoms in total. The molecule has 1 aromatic carbocycles. The van der Waals surface area contributed by atoms with Crippen molar-refractivity contribution in [3.8, 4) is 0 Å². The van der Waals surface area contributed by atoms with E-state index < -0.39 is 44.9 Å². The van der Waals surface area contributed by atoms with E-state index in [-0.39, 0.29) is 5.56 Å². The number of nitrogens with zero attached hydrogens (tertiary/aromatic N) is 1. The molecule has 1 aromatic rings. The van der Waals surface area contributed by atoms with E-state index in [0.29, 0.717) is 12.1 Å². The molecule has 21 heavy (non-hydrogen) atoms. The lowest BCUT2D eigenvalue weighted by atomic mass is 9.94. The largest absolute Gasteiger partial charge is 0.416 e. The van der Waals surface area contributed by atoms with Gasteiger partial charge < -0.3 is 0 Å². The molecule has 10 heteroatoms. The van der Waals surface area contributed by atoms with Crippen LogP contribution in [0.5, 0.6) is 0 Å². The van der Waals surface area contributed by atoms with Crippen molar-refractivity contribution in [3.63, 3.8) is 0 Å². The smallest absolute Gasteiger partial charge is 0.295 e. The minimum Gasteiger partial charge on any atom is -0.295 e. The second-order valence-electron chi connectivity index (χ2n) is 4.26. The van der Waals surface area contributed by atoms with E-state index in [4.69, 9.17) is 0 Å². The Hall–Kier alpha value is -1.97. The number of nitro groups is 1. The van der Waals surface area contributed by atoms with Crippen molar-refractivity contribution in [3.05, 3.63) is 39.4 Å². The van der Waals surface area contributed by atoms with Crippen molar-refractivity contribution in [2.24, 2.45) is 0 Å². The van der Waals surface area contributed by atoms with Gasteiger partial charge in [0.25, 0.3) is 5.69 Å². The van der Waals surface area contributed by atoms with Gasteiger partial charge in [-0.3, -0.25) is 25.0 Å². The topological polar surface area (TPSA) is 89.3 Å². The Bertz CT molecular complexity index is 647. The first-order valence-electron chi connectivity index (χ1n) is 5.47. The maximum absolute atomic E-state index is 12.6. The summed E-state index contributed by atoms with van der Waals surface area (Å²) in [5, 5.41) is 12.9. The Morgan fingerprint density at radius 2 is 1.86 bits per heavy atom. The highest BCUT2D eigenvalue weighted by Crippen LogP contribution is 2.39. The van der Waals surface area contributed by atoms with Crippen LogP contribution in [0.15, 0.2) is 18.2 Å². The fraction of sp³-hybridized carbons (Fsp3) is 0.273. The zero-order valence-electron chi connectivity index (χ0n) is 9.98. The number of imide groups is 1. The highest BCUT2D eigenvalue weighted by atomic mass is 79.9. The normalized spacial score (nSPS) is 22.3. The zero-order valence-corrected chi connectivity index (χ0v) is 11.6. The van der Waals surface area contributed by atoms with Crippen LogP contribution in [-0.2, 0) is 15.8 Å². The maximum Gasteiger partial charge on any atom is 0.416 e. The number of nitrogens with one attached hydrogen (secondary N) is 1. The zero-order chi connectivity index (χ0) is 15.9. The third-order valence-electron chi connectivity index (χ3n) is 2.96. The molecule has 0 bridgehead atoms. The van der Waals surface area contributed by atoms with Gasteiger partial charge in [-0.1, -0.05) is 22.0 Å². The predicted molar refractivity (Wildman–Crippen MR) is 66.7 cm³/mol. The number of alkyl halides is 4. The molecule has 112 valence electrons. The van der Waals surface area contributed by atoms with Crippen LogP contribution in [0.1, 0.15) is 17.0 Å². The van der Waals surface area contributed by atoms with E-state index in [1.807, 2.05) is 5.32 Å². The molecule has 2 rings (SSSR count). The summed E-state index contributed by atoms with van der Waals surface area (Å²) < 4.78 is 37.8. The van der Waals surface area contributed by atoms with E-state index in [0.717, 1.165) is 6.07 Å². The molecule has 0 aromatic heterocycles. The summed E-state index contributed by atoms with van der Waals surface area (Å²) in [5.41, 5.74) is -2.31. The third kappa shape index (κ3) is 2.75. The van der Waals surface area contributed by atoms with Crippen molar-refractivity contribution < 1.29 is 27.7 Å². The van der Waals surface area contributed by atoms with Crippen LogP contribution in [0.4, 0.5) is 18.9 Å². The summed E-state index contributed by atoms with van der Waals surface area (Å²) >= 11 is 2.91. The molecule has 1 N–H and O–H groups in total. The molecule has 0 aliphatic carbocycles. The summed E-state index contributed by atoms with van der Waals surface area (Å²) in [4.78, 5) is 31.9. The number of halogens is 4. The van der Waals surface area contributed by atoms with Gasteiger partial charge >= 0.3 is 6.18 Å². The lowest BCUT2D eigenvalue weighted by Gasteiger charge is -2.13. The monoisotopic (exact) mass is 366 g/mol. The lowest BCUT2D eigenvalue weighted by Crippen LogP contribution is -2.22. The average Bonchev–Trinajstić information content (AvgIpc) is 2.61. The minimum absolute atomic E-state index is 0.252. The average molecular weight is 367 g/mol. The summed E-state index contributed by atoms with van der Waals surface area (Å²) in [6.45, 7) is 0. The van der Waals surface area contributed by atoms with Crippen LogP contribution in [-0.4, -0.2) is 21.6 Å². The van der Waals surface area contributed by atoms with Crippen LogP contribution >= 0.6 is 15.9 Å². The number of hydrogen-bond donors (Lipinski definition) is 1. The molecule has 2 atom stereocenters. The number of carbonyl (C=O) groups excluding carboxylic acids is 2. The van der Waals surface area contributed by atoms with Gasteiger partial charge in [-0.25, -0.2) is 0 Å². The van der Waals surface area contributed by atoms with Gasteiger partial charge in [-0.15, -0.1) is 0 Å². The van der Waals surface area contributed by atoms with E-state index in [2.05, 4.69) is 15.9 Å². The van der Waals surface area contributed by atoms with Crippen molar-refractivity contribution >= 4 is 33.4 Å². The van der Waals surface area contributed by atoms with Crippen LogP contribution < -0.4 is 5.32 Å². The van der Waals surface area contributed by atoms with E-state index >= 15 is 0 Å². The van der Waals surface area contributed by atoms with Gasteiger partial charge in [0.05, 0.1) is 16.4 Å². The lowest BCUT2D eigenvalue weighted by molar-refractivity contribution is -0.385. The first kappa shape index (κ1) is 15.4. The van der Waals surface area contributed by atoms with Gasteiger partial charge in [0.2, 0.25) is 11.8 Å². The van der Waals surface area contributed by atoms with Crippen molar-refractivity contribution in [2.45, 2.75) is 16.9 Å². The van der Waals surface area contributed by atoms with Gasteiger partial charge in [-0.05, 0) is 6.07 Å². The van der Waals surface area contributed by atoms with Gasteiger partial charge in [0, 0.05) is 11.6 Å². The van der Waals surface area contributed by atoms with Crippen molar-refractivity contribution in [1.82, 2.24) is 5.32 Å². The quantitative estimate of drug-likeness (QED) is 0.375. The number of carbonyl (C=O) groups is 2. The molecular weight excluding hydrogens is 361 g/mol. The number of amides is 2. The molecule has 2 unspecified atom stereocenters. The Labute approximate surface area is 123 Å². The Morgan fingerprint density at radius 1 is 1.24 bits per heavy atom. The first-order chi connectivity index (χ1) is 9.62.